The predicted octanol–water partition coefficient (Wildman–Crippen LogP) is 3.09. The Bertz CT molecular complexity index is 609. The first-order valence-electron chi connectivity index (χ1n) is 6.21. The van der Waals surface area contributed by atoms with Crippen LogP contribution in [0.5, 0.6) is 0 Å². The molecule has 1 N–H and O–H groups in total. The Kier molecular flexibility index (Phi) is 5.38. The van der Waals surface area contributed by atoms with Crippen molar-refractivity contribution >= 4 is 5.69 Å². The van der Waals surface area contributed by atoms with Gasteiger partial charge in [0.25, 0.3) is 0 Å². The molecular weight excluding hydrogens is 248 g/mol. The Hall–Kier alpha value is -2.72. The molecule has 0 heterocycles. The lowest BCUT2D eigenvalue weighted by atomic mass is 10.1. The van der Waals surface area contributed by atoms with Crippen LogP contribution in [0, 0.1) is 36.5 Å². The van der Waals surface area contributed by atoms with Crippen LogP contribution in [0.3, 0.4) is 0 Å². The van der Waals surface area contributed by atoms with E-state index >= 15 is 0 Å². The Morgan fingerprint density at radius 3 is 2.40 bits per heavy atom. The number of likely N-dealkylation sites (N-methyl/N-ethyl adjacent to an activating group) is 1. The van der Waals surface area contributed by atoms with Gasteiger partial charge in [-0.05, 0) is 37.1 Å². The van der Waals surface area contributed by atoms with E-state index in [1.807, 2.05) is 38.1 Å². The van der Waals surface area contributed by atoms with Crippen LogP contribution in [0.15, 0.2) is 41.7 Å². The van der Waals surface area contributed by atoms with Crippen LogP contribution >= 0.6 is 0 Å². The number of aryl methyl sites for hydroxylation is 2. The van der Waals surface area contributed by atoms with Crippen LogP contribution in [0.25, 0.3) is 0 Å². The number of rotatable bonds is 4. The van der Waals surface area contributed by atoms with Crippen molar-refractivity contribution < 1.29 is 0 Å². The number of hydrogen-bond donors (Lipinski definition) is 1. The number of nitrogens with one attached hydrogen (secondary N) is 1. The Balaban J connectivity index is 2.98. The summed E-state index contributed by atoms with van der Waals surface area (Å²) in [6.07, 6.45) is 3.47. The maximum absolute atomic E-state index is 8.93. The van der Waals surface area contributed by atoms with Gasteiger partial charge in [-0.25, -0.2) is 0 Å². The smallest absolute Gasteiger partial charge is 0.152 e. The van der Waals surface area contributed by atoms with Gasteiger partial charge in [0.1, 0.15) is 12.1 Å². The fourth-order valence-electron chi connectivity index (χ4n) is 1.70. The topological polar surface area (TPSA) is 62.9 Å². The zero-order chi connectivity index (χ0) is 15.1. The number of allylic oxidation sites excluding steroid dienone is 2. The zero-order valence-electron chi connectivity index (χ0n) is 12.2. The summed E-state index contributed by atoms with van der Waals surface area (Å²) in [7, 11) is 3.60. The van der Waals surface area contributed by atoms with Crippen molar-refractivity contribution in [2.45, 2.75) is 13.8 Å². The monoisotopic (exact) mass is 266 g/mol. The highest BCUT2D eigenvalue weighted by atomic mass is 15.1. The first-order chi connectivity index (χ1) is 9.49. The number of benzene rings is 1. The summed E-state index contributed by atoms with van der Waals surface area (Å²) >= 11 is 0. The number of anilines is 1. The highest BCUT2D eigenvalue weighted by molar-refractivity contribution is 5.55. The van der Waals surface area contributed by atoms with Crippen molar-refractivity contribution in [3.63, 3.8) is 0 Å². The lowest BCUT2D eigenvalue weighted by molar-refractivity contribution is 0.527. The maximum atomic E-state index is 8.93. The van der Waals surface area contributed by atoms with Crippen LogP contribution in [0.4, 0.5) is 5.69 Å². The zero-order valence-corrected chi connectivity index (χ0v) is 12.2. The number of nitrogens with zero attached hydrogens (tertiary/aromatic N) is 3. The molecule has 0 amide bonds. The molecule has 0 aliphatic carbocycles. The van der Waals surface area contributed by atoms with Gasteiger partial charge in [0, 0.05) is 26.0 Å². The first-order valence-corrected chi connectivity index (χ1v) is 6.21. The summed E-state index contributed by atoms with van der Waals surface area (Å²) in [5.74, 6) is 0. The first kappa shape index (κ1) is 15.3. The average Bonchev–Trinajstić information content (AvgIpc) is 2.41. The summed E-state index contributed by atoms with van der Waals surface area (Å²) in [6.45, 7) is 4.05. The van der Waals surface area contributed by atoms with Gasteiger partial charge in [0.2, 0.25) is 0 Å². The highest BCUT2D eigenvalue weighted by Gasteiger charge is 2.04. The Morgan fingerprint density at radius 1 is 1.20 bits per heavy atom. The molecule has 0 atom stereocenters. The van der Waals surface area contributed by atoms with Crippen LogP contribution < -0.4 is 5.32 Å². The van der Waals surface area contributed by atoms with Gasteiger partial charge in [0.05, 0.1) is 5.70 Å². The van der Waals surface area contributed by atoms with Gasteiger partial charge < -0.3 is 10.2 Å². The second-order valence-corrected chi connectivity index (χ2v) is 4.67. The Morgan fingerprint density at radius 2 is 1.85 bits per heavy atom. The molecule has 4 heteroatoms. The quantitative estimate of drug-likeness (QED) is 0.672. The van der Waals surface area contributed by atoms with E-state index in [0.717, 1.165) is 11.3 Å². The third kappa shape index (κ3) is 3.90. The summed E-state index contributed by atoms with van der Waals surface area (Å²) in [5.41, 5.74) is 3.98. The lowest BCUT2D eigenvalue weighted by Crippen LogP contribution is -2.11. The van der Waals surface area contributed by atoms with E-state index in [2.05, 4.69) is 11.4 Å². The molecule has 0 radical (unpaired) electrons. The molecule has 0 unspecified atom stereocenters. The molecule has 4 nitrogen and oxygen atoms in total. The minimum Gasteiger partial charge on any atom is -0.376 e. The van der Waals surface area contributed by atoms with E-state index in [-0.39, 0.29) is 5.57 Å². The molecule has 0 aliphatic rings. The summed E-state index contributed by atoms with van der Waals surface area (Å²) in [5, 5.41) is 21.0. The van der Waals surface area contributed by atoms with E-state index in [4.69, 9.17) is 10.5 Å². The number of hydrogen-bond acceptors (Lipinski definition) is 4. The van der Waals surface area contributed by atoms with Crippen molar-refractivity contribution in [3.8, 4) is 12.1 Å². The maximum Gasteiger partial charge on any atom is 0.152 e. The van der Waals surface area contributed by atoms with Gasteiger partial charge in [-0.3, -0.25) is 0 Å². The second-order valence-electron chi connectivity index (χ2n) is 4.67. The molecule has 0 spiro atoms. The molecule has 20 heavy (non-hydrogen) atoms. The van der Waals surface area contributed by atoms with Crippen LogP contribution in [-0.4, -0.2) is 19.0 Å². The molecule has 0 fully saturated rings. The molecule has 1 rings (SSSR count). The summed E-state index contributed by atoms with van der Waals surface area (Å²) < 4.78 is 0. The van der Waals surface area contributed by atoms with Crippen molar-refractivity contribution in [2.75, 3.05) is 19.4 Å². The normalized spacial score (nSPS) is 9.70. The van der Waals surface area contributed by atoms with Gasteiger partial charge in [-0.1, -0.05) is 12.1 Å². The minimum atomic E-state index is 0.0917. The van der Waals surface area contributed by atoms with Crippen molar-refractivity contribution in [1.29, 1.82) is 10.5 Å². The Labute approximate surface area is 120 Å². The fraction of sp³-hybridized carbons (Fsp3) is 0.250. The molecule has 1 aromatic carbocycles. The average molecular weight is 266 g/mol. The van der Waals surface area contributed by atoms with Gasteiger partial charge in [0.15, 0.2) is 5.57 Å². The van der Waals surface area contributed by atoms with Crippen LogP contribution in [-0.2, 0) is 0 Å². The predicted molar refractivity (Wildman–Crippen MR) is 80.6 cm³/mol. The number of nitriles is 2. The SMILES string of the molecule is Cc1ccc(C)c(N/C=C\C(=C(C#N)C#N)N(C)C)c1. The van der Waals surface area contributed by atoms with Gasteiger partial charge in [-0.2, -0.15) is 10.5 Å². The van der Waals surface area contributed by atoms with E-state index in [1.165, 1.54) is 5.56 Å². The second kappa shape index (κ2) is 7.01. The van der Waals surface area contributed by atoms with E-state index in [1.54, 1.807) is 31.3 Å². The molecule has 0 saturated heterocycles. The van der Waals surface area contributed by atoms with Crippen molar-refractivity contribution in [1.82, 2.24) is 4.90 Å². The summed E-state index contributed by atoms with van der Waals surface area (Å²) in [6, 6.07) is 9.95. The standard InChI is InChI=1S/C16H18N4/c1-12-5-6-13(2)15(9-12)19-8-7-16(20(3)4)14(10-17)11-18/h5-9,19H,1-4H3/b8-7-. The summed E-state index contributed by atoms with van der Waals surface area (Å²) in [4.78, 5) is 1.74. The van der Waals surface area contributed by atoms with Gasteiger partial charge >= 0.3 is 0 Å². The third-order valence-corrected chi connectivity index (χ3v) is 2.83. The minimum absolute atomic E-state index is 0.0917. The lowest BCUT2D eigenvalue weighted by Gasteiger charge is -2.13. The van der Waals surface area contributed by atoms with Crippen LogP contribution in [0.2, 0.25) is 0 Å². The van der Waals surface area contributed by atoms with E-state index in [0.29, 0.717) is 5.70 Å². The largest absolute Gasteiger partial charge is 0.376 e. The van der Waals surface area contributed by atoms with Crippen molar-refractivity contribution in [2.24, 2.45) is 0 Å². The molecule has 0 aromatic heterocycles. The van der Waals surface area contributed by atoms with E-state index < -0.39 is 0 Å². The highest BCUT2D eigenvalue weighted by Crippen LogP contribution is 2.16. The third-order valence-electron chi connectivity index (χ3n) is 2.83. The molecular formula is C16H18N4. The fourth-order valence-corrected chi connectivity index (χ4v) is 1.70. The molecule has 102 valence electrons. The molecule has 1 aromatic rings. The molecule has 0 bridgehead atoms. The van der Waals surface area contributed by atoms with Crippen LogP contribution in [0.1, 0.15) is 11.1 Å². The van der Waals surface area contributed by atoms with E-state index in [9.17, 15) is 0 Å². The molecule has 0 saturated carbocycles. The van der Waals surface area contributed by atoms with Crippen molar-refractivity contribution in [3.05, 3.63) is 52.9 Å². The molecule has 0 aliphatic heterocycles. The van der Waals surface area contributed by atoms with Gasteiger partial charge in [-0.15, -0.1) is 0 Å².